The summed E-state index contributed by atoms with van der Waals surface area (Å²) in [5.41, 5.74) is -1.41. The quantitative estimate of drug-likeness (QED) is 0.180. The van der Waals surface area contributed by atoms with Gasteiger partial charge in [-0.1, -0.05) is 151 Å². The third-order valence-electron chi connectivity index (χ3n) is 8.32. The van der Waals surface area contributed by atoms with E-state index in [1.165, 1.54) is 0 Å². The third-order valence-corrected chi connectivity index (χ3v) is 8.32. The lowest BCUT2D eigenvalue weighted by Gasteiger charge is -2.18. The Balaban J connectivity index is 1.36. The van der Waals surface area contributed by atoms with Crippen molar-refractivity contribution in [3.63, 3.8) is 0 Å². The molecule has 0 amide bonds. The van der Waals surface area contributed by atoms with Crippen LogP contribution in [-0.2, 0) is 0 Å². The van der Waals surface area contributed by atoms with Gasteiger partial charge in [0, 0.05) is 10.8 Å². The second-order valence-electron chi connectivity index (χ2n) is 10.9. The largest absolute Gasteiger partial charge is 0.456 e. The molecule has 10 rings (SSSR count). The summed E-state index contributed by atoms with van der Waals surface area (Å²) in [6.07, 6.45) is 0. The summed E-state index contributed by atoms with van der Waals surface area (Å²) in [4.78, 5) is 0. The molecule has 0 aliphatic heterocycles. The molecule has 218 valence electrons. The van der Waals surface area contributed by atoms with Crippen molar-refractivity contribution in [1.29, 1.82) is 0 Å². The van der Waals surface area contributed by atoms with Gasteiger partial charge in [-0.2, -0.15) is 0 Å². The van der Waals surface area contributed by atoms with Crippen LogP contribution in [0.4, 0.5) is 0 Å². The Morgan fingerprint density at radius 1 is 0.383 bits per heavy atom. The van der Waals surface area contributed by atoms with Crippen LogP contribution in [0, 0.1) is 0 Å². The Morgan fingerprint density at radius 3 is 1.66 bits per heavy atom. The van der Waals surface area contributed by atoms with E-state index in [1.54, 1.807) is 48.5 Å². The summed E-state index contributed by atoms with van der Waals surface area (Å²) in [6.45, 7) is 0. The van der Waals surface area contributed by atoms with E-state index in [1.807, 2.05) is 0 Å². The highest BCUT2D eigenvalue weighted by molar-refractivity contribution is 6.26. The average molecular weight is 617 g/mol. The van der Waals surface area contributed by atoms with E-state index in [9.17, 15) is 8.22 Å². The molecule has 0 atom stereocenters. The Kier molecular flexibility index (Phi) is 2.87. The van der Waals surface area contributed by atoms with E-state index in [-0.39, 0.29) is 55.0 Å². The van der Waals surface area contributed by atoms with Crippen LogP contribution in [0.5, 0.6) is 0 Å². The summed E-state index contributed by atoms with van der Waals surface area (Å²) in [6, 6.07) is 0.582. The van der Waals surface area contributed by atoms with E-state index in [4.69, 9.17) is 23.6 Å². The monoisotopic (exact) mass is 616 g/mol. The summed E-state index contributed by atoms with van der Waals surface area (Å²) in [5, 5.41) is -0.310. The highest BCUT2D eigenvalue weighted by atomic mass is 16.3. The maximum absolute atomic E-state index is 9.54. The Hall–Kier alpha value is -6.18. The van der Waals surface area contributed by atoms with Crippen molar-refractivity contribution >= 4 is 65.0 Å². The summed E-state index contributed by atoms with van der Waals surface area (Å²) >= 11 is 0. The van der Waals surface area contributed by atoms with Gasteiger partial charge in [-0.15, -0.1) is 0 Å². The van der Waals surface area contributed by atoms with Gasteiger partial charge in [0.05, 0.1) is 27.4 Å². The van der Waals surface area contributed by atoms with Crippen LogP contribution >= 0.6 is 0 Å². The fourth-order valence-electron chi connectivity index (χ4n) is 6.33. The molecule has 0 fully saturated rings. The van der Waals surface area contributed by atoms with Gasteiger partial charge in [0.25, 0.3) is 0 Å². The highest BCUT2D eigenvalue weighted by Gasteiger charge is 2.20. The number of fused-ring (bicyclic) bond motifs is 7. The van der Waals surface area contributed by atoms with Crippen molar-refractivity contribution in [2.75, 3.05) is 0 Å². The van der Waals surface area contributed by atoms with E-state index >= 15 is 0 Å². The maximum Gasteiger partial charge on any atom is 0.136 e. The average Bonchev–Trinajstić information content (AvgIpc) is 3.72. The van der Waals surface area contributed by atoms with Crippen LogP contribution in [0.25, 0.3) is 98.4 Å². The standard InChI is InChI=1S/C46H28O/c1-2-13-33-28-43-41(27-32(33)12-1)46-40(21-10-22-42(46)47-43)45-38-18-7-5-16-36(38)44(37-17-6-8-19-39(37)45)31-25-23-30(24-26-31)35-20-9-14-29-11-3-4-15-34(29)35/h1-28H/i1D,2D,3D,4D,9D,10D,11D,12D,13D,14D,15D,20D,21D,22D,23D,24D,25D,26D,27D,28D. The van der Waals surface area contributed by atoms with Crippen LogP contribution in [0.2, 0.25) is 0 Å². The van der Waals surface area contributed by atoms with E-state index in [2.05, 4.69) is 0 Å². The fourth-order valence-corrected chi connectivity index (χ4v) is 6.33. The minimum absolute atomic E-state index is 0.0276. The second kappa shape index (κ2) is 10.2. The lowest BCUT2D eigenvalue weighted by molar-refractivity contribution is 0.669. The molecular weight excluding hydrogens is 569 g/mol. The smallest absolute Gasteiger partial charge is 0.136 e. The van der Waals surface area contributed by atoms with Crippen molar-refractivity contribution < 1.29 is 31.8 Å². The summed E-state index contributed by atoms with van der Waals surface area (Å²) in [7, 11) is 0. The van der Waals surface area contributed by atoms with Crippen LogP contribution in [0.3, 0.4) is 0 Å². The van der Waals surface area contributed by atoms with E-state index < -0.39 is 143 Å². The molecule has 0 aliphatic rings. The van der Waals surface area contributed by atoms with Gasteiger partial charge >= 0.3 is 0 Å². The number of hydrogen-bond acceptors (Lipinski definition) is 1. The minimum atomic E-state index is -0.752. The Morgan fingerprint density at radius 2 is 0.936 bits per heavy atom. The van der Waals surface area contributed by atoms with Crippen molar-refractivity contribution in [3.05, 3.63) is 169 Å². The SMILES string of the molecule is [2H]c1c([2H])c(-c2c([2H])c([2H])c([2H])c3c([2H])c([2H])c([2H])c([2H])c23)c([2H])c([2H])c1-c1c2ccccc2c(-c2c([2H])c([2H])c([2H])c3oc4c([2H])c5c([2H])c([2H])c([2H])c([2H])c5c([2H])c4c23)c2ccccc12. The van der Waals surface area contributed by atoms with Crippen LogP contribution in [-0.4, -0.2) is 0 Å². The Labute approximate surface area is 300 Å². The molecule has 0 aliphatic carbocycles. The predicted molar refractivity (Wildman–Crippen MR) is 200 cm³/mol. The molecule has 0 unspecified atom stereocenters. The molecular formula is C46H28O. The zero-order valence-corrected chi connectivity index (χ0v) is 24.0. The molecule has 0 saturated heterocycles. The first-order valence-electron chi connectivity index (χ1n) is 24.6. The normalized spacial score (nSPS) is 17.8. The number of benzene rings is 9. The second-order valence-corrected chi connectivity index (χ2v) is 10.9. The first-order chi connectivity index (χ1) is 31.7. The molecule has 0 spiro atoms. The van der Waals surface area contributed by atoms with E-state index in [0.29, 0.717) is 21.5 Å². The molecule has 47 heavy (non-hydrogen) atoms. The number of rotatable bonds is 3. The van der Waals surface area contributed by atoms with Gasteiger partial charge in [0.15, 0.2) is 0 Å². The molecule has 10 aromatic rings. The fraction of sp³-hybridized carbons (Fsp3) is 0. The van der Waals surface area contributed by atoms with Crippen molar-refractivity contribution in [2.45, 2.75) is 0 Å². The predicted octanol–water partition coefficient (Wildman–Crippen LogP) is 13.2. The molecule has 0 saturated carbocycles. The van der Waals surface area contributed by atoms with Gasteiger partial charge in [0.2, 0.25) is 0 Å². The van der Waals surface area contributed by atoms with Crippen LogP contribution in [0.15, 0.2) is 174 Å². The molecule has 1 heteroatoms. The molecule has 1 heterocycles. The first-order valence-corrected chi connectivity index (χ1v) is 14.6. The lowest BCUT2D eigenvalue weighted by Crippen LogP contribution is -1.91. The van der Waals surface area contributed by atoms with Gasteiger partial charge in [-0.3, -0.25) is 0 Å². The molecule has 0 radical (unpaired) electrons. The van der Waals surface area contributed by atoms with Gasteiger partial charge in [-0.25, -0.2) is 0 Å². The van der Waals surface area contributed by atoms with Crippen LogP contribution < -0.4 is 0 Å². The Bertz CT molecular complexity index is 3890. The summed E-state index contributed by atoms with van der Waals surface area (Å²) < 4.78 is 184. The number of furan rings is 1. The van der Waals surface area contributed by atoms with Crippen molar-refractivity contribution in [2.24, 2.45) is 0 Å². The van der Waals surface area contributed by atoms with E-state index in [0.717, 1.165) is 0 Å². The maximum atomic E-state index is 9.54. The summed E-state index contributed by atoms with van der Waals surface area (Å²) in [5.74, 6) is 0. The van der Waals surface area contributed by atoms with Gasteiger partial charge < -0.3 is 4.42 Å². The van der Waals surface area contributed by atoms with Crippen LogP contribution in [0.1, 0.15) is 27.4 Å². The van der Waals surface area contributed by atoms with Crippen molar-refractivity contribution in [1.82, 2.24) is 0 Å². The van der Waals surface area contributed by atoms with Gasteiger partial charge in [0.1, 0.15) is 11.2 Å². The lowest BCUT2D eigenvalue weighted by atomic mass is 9.84. The number of hydrogen-bond donors (Lipinski definition) is 0. The molecule has 9 aromatic carbocycles. The third kappa shape index (κ3) is 3.97. The molecule has 0 N–H and O–H groups in total. The highest BCUT2D eigenvalue weighted by Crippen LogP contribution is 2.47. The zero-order chi connectivity index (χ0) is 48.3. The topological polar surface area (TPSA) is 13.1 Å². The molecule has 1 nitrogen and oxygen atoms in total. The molecule has 0 bridgehead atoms. The first kappa shape index (κ1) is 13.3. The van der Waals surface area contributed by atoms with Gasteiger partial charge in [-0.05, 0) is 94.6 Å². The minimum Gasteiger partial charge on any atom is -0.456 e. The van der Waals surface area contributed by atoms with Crippen molar-refractivity contribution in [3.8, 4) is 33.4 Å². The molecule has 1 aromatic heterocycles. The zero-order valence-electron chi connectivity index (χ0n) is 44.0.